The van der Waals surface area contributed by atoms with Crippen LogP contribution in [0.3, 0.4) is 0 Å². The molecule has 0 radical (unpaired) electrons. The number of piperazine rings is 1. The third kappa shape index (κ3) is 5.62. The molecule has 1 aromatic rings. The van der Waals surface area contributed by atoms with Crippen molar-refractivity contribution in [3.8, 4) is 0 Å². The van der Waals surface area contributed by atoms with E-state index < -0.39 is 17.6 Å². The van der Waals surface area contributed by atoms with E-state index in [1.54, 1.807) is 37.5 Å². The second-order valence-corrected chi connectivity index (χ2v) is 7.50. The summed E-state index contributed by atoms with van der Waals surface area (Å²) in [7, 11) is 0. The number of carbonyl (C=O) groups excluding carboxylic acids is 3. The highest BCUT2D eigenvalue weighted by atomic mass is 16.6. The molecule has 0 spiro atoms. The molecule has 154 valence electrons. The first-order valence-corrected chi connectivity index (χ1v) is 9.13. The Bertz CT molecular complexity index is 738. The third-order valence-corrected chi connectivity index (χ3v) is 4.03. The molecule has 0 unspecified atom stereocenters. The molecule has 1 aromatic heterocycles. The highest BCUT2D eigenvalue weighted by Gasteiger charge is 2.29. The third-order valence-electron chi connectivity index (χ3n) is 4.03. The van der Waals surface area contributed by atoms with Crippen LogP contribution in [-0.2, 0) is 4.74 Å². The first kappa shape index (κ1) is 21.5. The van der Waals surface area contributed by atoms with Gasteiger partial charge in [-0.05, 0) is 39.3 Å². The highest BCUT2D eigenvalue weighted by molar-refractivity contribution is 5.96. The fourth-order valence-electron chi connectivity index (χ4n) is 2.65. The monoisotopic (exact) mass is 393 g/mol. The summed E-state index contributed by atoms with van der Waals surface area (Å²) in [6, 6.07) is 1.52. The second-order valence-electron chi connectivity index (χ2n) is 7.50. The van der Waals surface area contributed by atoms with Crippen molar-refractivity contribution in [2.24, 2.45) is 0 Å². The number of aromatic nitrogens is 2. The Kier molecular flexibility index (Phi) is 6.90. The van der Waals surface area contributed by atoms with Gasteiger partial charge in [0.25, 0.3) is 11.8 Å². The van der Waals surface area contributed by atoms with E-state index >= 15 is 0 Å². The fourth-order valence-corrected chi connectivity index (χ4v) is 2.65. The number of ether oxygens (including phenoxy) is 1. The summed E-state index contributed by atoms with van der Waals surface area (Å²) in [6.07, 6.45) is -0.395. The number of carbonyl (C=O) groups is 3. The number of nitrogens with zero attached hydrogens (tertiary/aromatic N) is 4. The lowest BCUT2D eigenvalue weighted by Crippen LogP contribution is -2.51. The van der Waals surface area contributed by atoms with Gasteiger partial charge in [-0.25, -0.2) is 4.79 Å². The fraction of sp³-hybridized carbons (Fsp3) is 0.611. The molecule has 10 heteroatoms. The number of aliphatic hydroxyl groups excluding tert-OH is 1. The maximum atomic E-state index is 12.7. The van der Waals surface area contributed by atoms with Gasteiger partial charge in [-0.1, -0.05) is 0 Å². The Morgan fingerprint density at radius 1 is 1.14 bits per heavy atom. The van der Waals surface area contributed by atoms with Crippen LogP contribution in [0.2, 0.25) is 0 Å². The van der Waals surface area contributed by atoms with Crippen molar-refractivity contribution in [3.63, 3.8) is 0 Å². The van der Waals surface area contributed by atoms with Gasteiger partial charge in [0.05, 0.1) is 6.61 Å². The van der Waals surface area contributed by atoms with Gasteiger partial charge in [0.15, 0.2) is 11.4 Å². The van der Waals surface area contributed by atoms with Crippen LogP contribution in [0.1, 0.15) is 47.3 Å². The van der Waals surface area contributed by atoms with E-state index in [1.807, 2.05) is 0 Å². The van der Waals surface area contributed by atoms with E-state index in [9.17, 15) is 14.4 Å². The van der Waals surface area contributed by atoms with Gasteiger partial charge in [0.1, 0.15) is 5.60 Å². The zero-order chi connectivity index (χ0) is 20.9. The number of nitrogens with one attached hydrogen (secondary N) is 1. The molecule has 0 bridgehead atoms. The SMILES string of the molecule is Cc1cc(C(=O)N2CCN(C(=O)OC(C)(C)C)CC2)nnc1C(=O)NCCO. The van der Waals surface area contributed by atoms with Crippen molar-refractivity contribution in [1.82, 2.24) is 25.3 Å². The van der Waals surface area contributed by atoms with Gasteiger partial charge >= 0.3 is 6.09 Å². The van der Waals surface area contributed by atoms with Crippen molar-refractivity contribution in [2.45, 2.75) is 33.3 Å². The first-order chi connectivity index (χ1) is 13.1. The summed E-state index contributed by atoms with van der Waals surface area (Å²) in [4.78, 5) is 39.9. The van der Waals surface area contributed by atoms with Crippen LogP contribution < -0.4 is 5.32 Å². The van der Waals surface area contributed by atoms with Crippen molar-refractivity contribution < 1.29 is 24.2 Å². The lowest BCUT2D eigenvalue weighted by molar-refractivity contribution is 0.0140. The zero-order valence-electron chi connectivity index (χ0n) is 16.7. The molecule has 3 amide bonds. The lowest BCUT2D eigenvalue weighted by Gasteiger charge is -2.35. The van der Waals surface area contributed by atoms with Gasteiger partial charge in [-0.15, -0.1) is 10.2 Å². The summed E-state index contributed by atoms with van der Waals surface area (Å²) in [5.74, 6) is -0.759. The molecule has 0 atom stereocenters. The van der Waals surface area contributed by atoms with Gasteiger partial charge in [0, 0.05) is 32.7 Å². The number of aliphatic hydroxyl groups is 1. The molecule has 0 aromatic carbocycles. The van der Waals surface area contributed by atoms with Crippen LogP contribution in [0, 0.1) is 6.92 Å². The maximum Gasteiger partial charge on any atom is 0.410 e. The molecule has 28 heavy (non-hydrogen) atoms. The molecule has 1 aliphatic heterocycles. The van der Waals surface area contributed by atoms with Crippen molar-refractivity contribution >= 4 is 17.9 Å². The smallest absolute Gasteiger partial charge is 0.410 e. The number of amides is 3. The molecule has 0 saturated carbocycles. The average Bonchev–Trinajstić information content (AvgIpc) is 2.64. The molecular formula is C18H27N5O5. The summed E-state index contributed by atoms with van der Waals surface area (Å²) >= 11 is 0. The minimum atomic E-state index is -0.567. The van der Waals surface area contributed by atoms with Crippen LogP contribution in [0.4, 0.5) is 4.79 Å². The van der Waals surface area contributed by atoms with E-state index in [0.717, 1.165) is 0 Å². The average molecular weight is 393 g/mol. The van der Waals surface area contributed by atoms with Gasteiger partial charge in [-0.2, -0.15) is 0 Å². The van der Waals surface area contributed by atoms with Crippen LogP contribution in [0.15, 0.2) is 6.07 Å². The van der Waals surface area contributed by atoms with E-state index in [2.05, 4.69) is 15.5 Å². The Labute approximate surface area is 163 Å². The van der Waals surface area contributed by atoms with Crippen LogP contribution in [-0.4, -0.2) is 87.9 Å². The second kappa shape index (κ2) is 8.96. The summed E-state index contributed by atoms with van der Waals surface area (Å²) < 4.78 is 5.34. The number of hydrogen-bond acceptors (Lipinski definition) is 7. The lowest BCUT2D eigenvalue weighted by atomic mass is 10.2. The van der Waals surface area contributed by atoms with Gasteiger partial charge in [-0.3, -0.25) is 9.59 Å². The topological polar surface area (TPSA) is 125 Å². The normalized spacial score (nSPS) is 14.6. The highest BCUT2D eigenvalue weighted by Crippen LogP contribution is 2.14. The van der Waals surface area contributed by atoms with Crippen molar-refractivity contribution in [2.75, 3.05) is 39.3 Å². The minimum Gasteiger partial charge on any atom is -0.444 e. The first-order valence-electron chi connectivity index (χ1n) is 9.13. The zero-order valence-corrected chi connectivity index (χ0v) is 16.7. The Hall–Kier alpha value is -2.75. The minimum absolute atomic E-state index is 0.111. The van der Waals surface area contributed by atoms with Crippen LogP contribution in [0.5, 0.6) is 0 Å². The molecule has 2 N–H and O–H groups in total. The molecule has 1 aliphatic rings. The Morgan fingerprint density at radius 3 is 2.29 bits per heavy atom. The van der Waals surface area contributed by atoms with E-state index in [0.29, 0.717) is 31.7 Å². The van der Waals surface area contributed by atoms with Crippen LogP contribution >= 0.6 is 0 Å². The largest absolute Gasteiger partial charge is 0.444 e. The summed E-state index contributed by atoms with van der Waals surface area (Å²) in [6.45, 7) is 8.48. The molecule has 1 fully saturated rings. The van der Waals surface area contributed by atoms with E-state index in [-0.39, 0.29) is 30.4 Å². The van der Waals surface area contributed by atoms with Gasteiger partial charge in [0.2, 0.25) is 0 Å². The summed E-state index contributed by atoms with van der Waals surface area (Å²) in [5, 5.41) is 19.0. The number of rotatable bonds is 4. The number of aryl methyl sites for hydroxylation is 1. The maximum absolute atomic E-state index is 12.7. The Morgan fingerprint density at radius 2 is 1.75 bits per heavy atom. The molecule has 1 saturated heterocycles. The molecule has 2 rings (SSSR count). The van der Waals surface area contributed by atoms with Crippen molar-refractivity contribution in [3.05, 3.63) is 23.0 Å². The predicted molar refractivity (Wildman–Crippen MR) is 99.9 cm³/mol. The van der Waals surface area contributed by atoms with Crippen LogP contribution in [0.25, 0.3) is 0 Å². The molecular weight excluding hydrogens is 366 g/mol. The van der Waals surface area contributed by atoms with Crippen molar-refractivity contribution in [1.29, 1.82) is 0 Å². The summed E-state index contributed by atoms with van der Waals surface area (Å²) in [5.41, 5.74) is 0.199. The van der Waals surface area contributed by atoms with E-state index in [4.69, 9.17) is 9.84 Å². The van der Waals surface area contributed by atoms with E-state index in [1.165, 1.54) is 6.07 Å². The standard InChI is InChI=1S/C18H27N5O5/c1-12-11-13(20-21-14(12)15(25)19-5-10-24)16(26)22-6-8-23(9-7-22)17(27)28-18(2,3)4/h11,24H,5-10H2,1-4H3,(H,19,25). The van der Waals surface area contributed by atoms with Gasteiger partial charge < -0.3 is 25.0 Å². The molecule has 10 nitrogen and oxygen atoms in total. The molecule has 2 heterocycles. The quantitative estimate of drug-likeness (QED) is 0.748. The predicted octanol–water partition coefficient (Wildman–Crippen LogP) is 0.200. The Balaban J connectivity index is 1.97. The number of hydrogen-bond donors (Lipinski definition) is 2. The molecule has 0 aliphatic carbocycles.